The van der Waals surface area contributed by atoms with Crippen LogP contribution in [-0.4, -0.2) is 37.2 Å². The summed E-state index contributed by atoms with van der Waals surface area (Å²) < 4.78 is 7.58. The molecule has 1 N–H and O–H groups in total. The van der Waals surface area contributed by atoms with Gasteiger partial charge in [-0.1, -0.05) is 55.8 Å². The highest BCUT2D eigenvalue weighted by atomic mass is 16.5. The minimum Gasteiger partial charge on any atom is -0.478 e. The second-order valence-electron chi connectivity index (χ2n) is 7.56. The summed E-state index contributed by atoms with van der Waals surface area (Å²) in [6.07, 6.45) is 4.75. The summed E-state index contributed by atoms with van der Waals surface area (Å²) in [4.78, 5) is 25.1. The standard InChI is InChI=1S/C25H26N4O3/c1-3-5-10-22-27-23-21(15-26-25(28-23)32-4-2)29(22)16-17-11-13-18(14-12-17)19-8-6-7-9-20(19)24(30)31/h6-9,11-15H,3-5,10,16H2,1-2H3,(H,30,31). The normalized spacial score (nSPS) is 11.1. The maximum Gasteiger partial charge on any atom is 0.336 e. The molecule has 4 aromatic rings. The molecule has 0 aliphatic heterocycles. The summed E-state index contributed by atoms with van der Waals surface area (Å²) in [5.74, 6) is 0.0478. The highest BCUT2D eigenvalue weighted by Gasteiger charge is 2.15. The molecule has 0 atom stereocenters. The molecule has 4 rings (SSSR count). The summed E-state index contributed by atoms with van der Waals surface area (Å²) >= 11 is 0. The number of unbranched alkanes of at least 4 members (excludes halogenated alkanes) is 1. The van der Waals surface area contributed by atoms with Crippen LogP contribution in [0.4, 0.5) is 0 Å². The molecule has 164 valence electrons. The first-order valence-corrected chi connectivity index (χ1v) is 10.9. The molecule has 0 fully saturated rings. The van der Waals surface area contributed by atoms with E-state index in [0.717, 1.165) is 41.7 Å². The summed E-state index contributed by atoms with van der Waals surface area (Å²) in [5.41, 5.74) is 4.48. The first kappa shape index (κ1) is 21.5. The zero-order valence-electron chi connectivity index (χ0n) is 18.3. The number of ether oxygens (including phenoxy) is 1. The maximum absolute atomic E-state index is 11.6. The van der Waals surface area contributed by atoms with Crippen LogP contribution in [0.15, 0.2) is 54.7 Å². The van der Waals surface area contributed by atoms with Crippen LogP contribution in [0.3, 0.4) is 0 Å². The fraction of sp³-hybridized carbons (Fsp3) is 0.280. The van der Waals surface area contributed by atoms with Crippen molar-refractivity contribution in [2.75, 3.05) is 6.61 Å². The Balaban J connectivity index is 1.66. The number of carboxylic acids is 1. The van der Waals surface area contributed by atoms with Crippen molar-refractivity contribution in [3.8, 4) is 17.1 Å². The molecule has 7 nitrogen and oxygen atoms in total. The predicted octanol–water partition coefficient (Wildman–Crippen LogP) is 4.98. The summed E-state index contributed by atoms with van der Waals surface area (Å²) in [6, 6.07) is 15.4. The largest absolute Gasteiger partial charge is 0.478 e. The quantitative estimate of drug-likeness (QED) is 0.403. The van der Waals surface area contributed by atoms with Crippen molar-refractivity contribution in [2.24, 2.45) is 0 Å². The fourth-order valence-electron chi connectivity index (χ4n) is 3.74. The summed E-state index contributed by atoms with van der Waals surface area (Å²) in [5, 5.41) is 9.48. The lowest BCUT2D eigenvalue weighted by Crippen LogP contribution is -2.06. The number of aryl methyl sites for hydroxylation is 1. The van der Waals surface area contributed by atoms with Crippen molar-refractivity contribution < 1.29 is 14.6 Å². The second-order valence-corrected chi connectivity index (χ2v) is 7.56. The molecule has 0 aliphatic rings. The fourth-order valence-corrected chi connectivity index (χ4v) is 3.74. The van der Waals surface area contributed by atoms with E-state index in [2.05, 4.69) is 21.5 Å². The van der Waals surface area contributed by atoms with Crippen molar-refractivity contribution in [1.29, 1.82) is 0 Å². The van der Waals surface area contributed by atoms with Crippen LogP contribution < -0.4 is 4.74 Å². The van der Waals surface area contributed by atoms with Crippen molar-refractivity contribution in [3.05, 3.63) is 71.7 Å². The third-order valence-corrected chi connectivity index (χ3v) is 5.36. The number of imidazole rings is 1. The Labute approximate surface area is 186 Å². The Morgan fingerprint density at radius 3 is 2.56 bits per heavy atom. The molecule has 0 aliphatic carbocycles. The van der Waals surface area contributed by atoms with Gasteiger partial charge in [0.25, 0.3) is 0 Å². The second kappa shape index (κ2) is 9.60. The lowest BCUT2D eigenvalue weighted by molar-refractivity contribution is 0.0697. The molecular formula is C25H26N4O3. The molecule has 2 heterocycles. The minimum atomic E-state index is -0.929. The third kappa shape index (κ3) is 4.46. The number of aromatic nitrogens is 4. The predicted molar refractivity (Wildman–Crippen MR) is 123 cm³/mol. The van der Waals surface area contributed by atoms with E-state index in [9.17, 15) is 9.90 Å². The number of hydrogen-bond acceptors (Lipinski definition) is 5. The average Bonchev–Trinajstić information content (AvgIpc) is 3.14. The number of carbonyl (C=O) groups is 1. The van der Waals surface area contributed by atoms with Gasteiger partial charge in [-0.25, -0.2) is 14.8 Å². The monoisotopic (exact) mass is 430 g/mol. The van der Waals surface area contributed by atoms with Gasteiger partial charge in [0.1, 0.15) is 11.3 Å². The molecule has 0 bridgehead atoms. The van der Waals surface area contributed by atoms with Crippen molar-refractivity contribution in [2.45, 2.75) is 39.7 Å². The molecule has 2 aromatic heterocycles. The van der Waals surface area contributed by atoms with E-state index in [1.807, 2.05) is 43.3 Å². The zero-order chi connectivity index (χ0) is 22.5. The highest BCUT2D eigenvalue weighted by Crippen LogP contribution is 2.25. The summed E-state index contributed by atoms with van der Waals surface area (Å²) in [7, 11) is 0. The van der Waals surface area contributed by atoms with Gasteiger partial charge in [0, 0.05) is 13.0 Å². The molecule has 7 heteroatoms. The van der Waals surface area contributed by atoms with Gasteiger partial charge in [-0.2, -0.15) is 4.98 Å². The van der Waals surface area contributed by atoms with E-state index in [1.165, 1.54) is 0 Å². The van der Waals surface area contributed by atoms with Crippen molar-refractivity contribution in [3.63, 3.8) is 0 Å². The van der Waals surface area contributed by atoms with Crippen LogP contribution in [-0.2, 0) is 13.0 Å². The molecule has 2 aromatic carbocycles. The maximum atomic E-state index is 11.6. The van der Waals surface area contributed by atoms with Gasteiger partial charge in [0.2, 0.25) is 0 Å². The van der Waals surface area contributed by atoms with Crippen LogP contribution in [0.25, 0.3) is 22.3 Å². The van der Waals surface area contributed by atoms with Crippen LogP contribution >= 0.6 is 0 Å². The minimum absolute atomic E-state index is 0.296. The molecule has 0 spiro atoms. The van der Waals surface area contributed by atoms with Crippen LogP contribution in [0.5, 0.6) is 6.01 Å². The van der Waals surface area contributed by atoms with Crippen molar-refractivity contribution in [1.82, 2.24) is 19.5 Å². The number of nitrogens with zero attached hydrogens (tertiary/aromatic N) is 4. The Kier molecular flexibility index (Phi) is 6.44. The van der Waals surface area contributed by atoms with Gasteiger partial charge in [0.15, 0.2) is 5.65 Å². The number of aromatic carboxylic acids is 1. The van der Waals surface area contributed by atoms with Gasteiger partial charge in [0.05, 0.1) is 18.4 Å². The van der Waals surface area contributed by atoms with Crippen LogP contribution in [0.1, 0.15) is 48.4 Å². The molecule has 32 heavy (non-hydrogen) atoms. The molecule has 0 saturated heterocycles. The van der Waals surface area contributed by atoms with Crippen molar-refractivity contribution >= 4 is 17.1 Å². The van der Waals surface area contributed by atoms with E-state index in [-0.39, 0.29) is 0 Å². The third-order valence-electron chi connectivity index (χ3n) is 5.36. The first-order valence-electron chi connectivity index (χ1n) is 10.9. The summed E-state index contributed by atoms with van der Waals surface area (Å²) in [6.45, 7) is 5.20. The smallest absolute Gasteiger partial charge is 0.336 e. The van der Waals surface area contributed by atoms with Gasteiger partial charge in [-0.15, -0.1) is 0 Å². The SMILES string of the molecule is CCCCc1nc2nc(OCC)ncc2n1Cc1ccc(-c2ccccc2C(=O)O)cc1. The Morgan fingerprint density at radius 1 is 1.06 bits per heavy atom. The topological polar surface area (TPSA) is 90.1 Å². The number of hydrogen-bond donors (Lipinski definition) is 1. The zero-order valence-corrected chi connectivity index (χ0v) is 18.3. The lowest BCUT2D eigenvalue weighted by Gasteiger charge is -2.11. The van der Waals surface area contributed by atoms with Gasteiger partial charge in [-0.05, 0) is 36.1 Å². The van der Waals surface area contributed by atoms with Gasteiger partial charge in [-0.3, -0.25) is 0 Å². The van der Waals surface area contributed by atoms with E-state index >= 15 is 0 Å². The van der Waals surface area contributed by atoms with E-state index in [1.54, 1.807) is 18.3 Å². The lowest BCUT2D eigenvalue weighted by atomic mass is 9.99. The molecule has 0 unspecified atom stereocenters. The Bertz CT molecular complexity index is 1230. The van der Waals surface area contributed by atoms with Gasteiger partial charge < -0.3 is 14.4 Å². The molecular weight excluding hydrogens is 404 g/mol. The first-order chi connectivity index (χ1) is 15.6. The van der Waals surface area contributed by atoms with Gasteiger partial charge >= 0.3 is 12.0 Å². The highest BCUT2D eigenvalue weighted by molar-refractivity contribution is 5.96. The van der Waals surface area contributed by atoms with E-state index in [0.29, 0.717) is 35.9 Å². The molecule has 0 radical (unpaired) electrons. The number of fused-ring (bicyclic) bond motifs is 1. The Hall–Kier alpha value is -3.74. The molecule has 0 saturated carbocycles. The average molecular weight is 431 g/mol. The Morgan fingerprint density at radius 2 is 1.84 bits per heavy atom. The molecule has 0 amide bonds. The number of rotatable bonds is 9. The van der Waals surface area contributed by atoms with Crippen LogP contribution in [0.2, 0.25) is 0 Å². The van der Waals surface area contributed by atoms with Crippen LogP contribution in [0, 0.1) is 0 Å². The number of carboxylic acid groups (broad SMARTS) is 1. The number of benzene rings is 2. The van der Waals surface area contributed by atoms with E-state index in [4.69, 9.17) is 9.72 Å². The van der Waals surface area contributed by atoms with E-state index < -0.39 is 5.97 Å².